The van der Waals surface area contributed by atoms with E-state index in [9.17, 15) is 14.5 Å². The monoisotopic (exact) mass is 338 g/mol. The van der Waals surface area contributed by atoms with Crippen molar-refractivity contribution < 1.29 is 9.31 Å². The molecule has 0 aliphatic carbocycles. The summed E-state index contributed by atoms with van der Waals surface area (Å²) in [6.07, 6.45) is 0. The van der Waals surface area contributed by atoms with E-state index in [4.69, 9.17) is 0 Å². The fraction of sp³-hybridized carbons (Fsp3) is 0.143. The molecule has 0 aromatic heterocycles. The summed E-state index contributed by atoms with van der Waals surface area (Å²) < 4.78 is 14.1. The second-order valence-corrected chi connectivity index (χ2v) is 5.32. The van der Waals surface area contributed by atoms with Crippen molar-refractivity contribution in [3.05, 3.63) is 67.9 Å². The van der Waals surface area contributed by atoms with E-state index in [1.54, 1.807) is 0 Å². The number of rotatable bonds is 4. The normalized spacial score (nSPS) is 10.3. The quantitative estimate of drug-likeness (QED) is 0.663. The molecule has 20 heavy (non-hydrogen) atoms. The Morgan fingerprint density at radius 3 is 2.70 bits per heavy atom. The number of nitrogens with one attached hydrogen (secondary N) is 1. The van der Waals surface area contributed by atoms with Crippen LogP contribution in [-0.4, -0.2) is 4.92 Å². The summed E-state index contributed by atoms with van der Waals surface area (Å²) in [5.74, 6) is -0.488. The van der Waals surface area contributed by atoms with Crippen molar-refractivity contribution in [2.45, 2.75) is 13.5 Å². The van der Waals surface area contributed by atoms with Crippen LogP contribution < -0.4 is 5.32 Å². The zero-order valence-electron chi connectivity index (χ0n) is 10.7. The molecule has 2 aromatic carbocycles. The Morgan fingerprint density at radius 1 is 1.30 bits per heavy atom. The first kappa shape index (κ1) is 14.5. The number of aryl methyl sites for hydroxylation is 1. The van der Waals surface area contributed by atoms with Gasteiger partial charge in [0.1, 0.15) is 5.82 Å². The molecule has 0 saturated heterocycles. The highest BCUT2D eigenvalue weighted by molar-refractivity contribution is 9.10. The molecule has 0 fully saturated rings. The Balaban J connectivity index is 2.22. The molecule has 2 rings (SSSR count). The molecular weight excluding hydrogens is 327 g/mol. The number of hydrogen-bond donors (Lipinski definition) is 1. The average Bonchev–Trinajstić information content (AvgIpc) is 2.35. The van der Waals surface area contributed by atoms with Gasteiger partial charge in [0.25, 0.3) is 5.69 Å². The molecule has 0 saturated carbocycles. The fourth-order valence-corrected chi connectivity index (χ4v) is 2.52. The van der Waals surface area contributed by atoms with Gasteiger partial charge >= 0.3 is 0 Å². The van der Waals surface area contributed by atoms with E-state index in [2.05, 4.69) is 21.2 Å². The van der Waals surface area contributed by atoms with Crippen LogP contribution in [0.4, 0.5) is 15.8 Å². The first-order valence-electron chi connectivity index (χ1n) is 5.89. The number of nitrogens with zero attached hydrogens (tertiary/aromatic N) is 1. The lowest BCUT2D eigenvalue weighted by Gasteiger charge is -2.09. The maximum absolute atomic E-state index is 13.2. The molecule has 2 aromatic rings. The Hall–Kier alpha value is -1.95. The number of nitro benzene ring substituents is 1. The molecule has 0 heterocycles. The minimum absolute atomic E-state index is 0.0920. The second kappa shape index (κ2) is 6.00. The molecule has 104 valence electrons. The van der Waals surface area contributed by atoms with Crippen LogP contribution in [0.5, 0.6) is 0 Å². The van der Waals surface area contributed by atoms with Crippen LogP contribution in [0, 0.1) is 22.9 Å². The van der Waals surface area contributed by atoms with Crippen LogP contribution in [0.1, 0.15) is 11.1 Å². The topological polar surface area (TPSA) is 55.2 Å². The van der Waals surface area contributed by atoms with Crippen molar-refractivity contribution in [3.8, 4) is 0 Å². The molecule has 1 N–H and O–H groups in total. The molecule has 0 amide bonds. The van der Waals surface area contributed by atoms with Crippen molar-refractivity contribution in [1.29, 1.82) is 0 Å². The molecule has 0 aliphatic heterocycles. The van der Waals surface area contributed by atoms with Crippen molar-refractivity contribution in [2.24, 2.45) is 0 Å². The minimum Gasteiger partial charge on any atom is -0.381 e. The molecular formula is C14H12BrFN2O2. The highest BCUT2D eigenvalue weighted by Crippen LogP contribution is 2.23. The summed E-state index contributed by atoms with van der Waals surface area (Å²) in [7, 11) is 0. The van der Waals surface area contributed by atoms with Gasteiger partial charge in [-0.2, -0.15) is 0 Å². The van der Waals surface area contributed by atoms with E-state index in [1.807, 2.05) is 25.1 Å². The number of anilines is 1. The van der Waals surface area contributed by atoms with Gasteiger partial charge in [-0.05, 0) is 42.8 Å². The van der Waals surface area contributed by atoms with Gasteiger partial charge in [0.15, 0.2) is 0 Å². The van der Waals surface area contributed by atoms with E-state index < -0.39 is 10.7 Å². The summed E-state index contributed by atoms with van der Waals surface area (Å²) in [6.45, 7) is 2.13. The van der Waals surface area contributed by atoms with Gasteiger partial charge in [-0.25, -0.2) is 4.39 Å². The van der Waals surface area contributed by atoms with E-state index >= 15 is 0 Å². The molecule has 4 nitrogen and oxygen atoms in total. The van der Waals surface area contributed by atoms with Gasteiger partial charge < -0.3 is 5.32 Å². The zero-order chi connectivity index (χ0) is 14.7. The largest absolute Gasteiger partial charge is 0.381 e. The maximum Gasteiger partial charge on any atom is 0.274 e. The lowest BCUT2D eigenvalue weighted by Crippen LogP contribution is -2.04. The number of benzene rings is 2. The number of nitro groups is 1. The molecule has 0 bridgehead atoms. The first-order valence-corrected chi connectivity index (χ1v) is 6.69. The zero-order valence-corrected chi connectivity index (χ0v) is 12.3. The predicted molar refractivity (Wildman–Crippen MR) is 79.3 cm³/mol. The Labute approximate surface area is 123 Å². The lowest BCUT2D eigenvalue weighted by molar-refractivity contribution is -0.385. The summed E-state index contributed by atoms with van der Waals surface area (Å²) in [5.41, 5.74) is 2.09. The fourth-order valence-electron chi connectivity index (χ4n) is 1.91. The first-order chi connectivity index (χ1) is 9.45. The third-order valence-corrected chi connectivity index (χ3v) is 3.22. The Kier molecular flexibility index (Phi) is 4.34. The minimum atomic E-state index is -0.511. The van der Waals surface area contributed by atoms with Crippen LogP contribution in [0.25, 0.3) is 0 Å². The predicted octanol–water partition coefficient (Wildman–Crippen LogP) is 4.42. The van der Waals surface area contributed by atoms with Gasteiger partial charge in [-0.15, -0.1) is 0 Å². The van der Waals surface area contributed by atoms with Gasteiger partial charge in [0.05, 0.1) is 10.5 Å². The number of hydrogen-bond acceptors (Lipinski definition) is 3. The van der Waals surface area contributed by atoms with Crippen molar-refractivity contribution in [2.75, 3.05) is 5.32 Å². The Morgan fingerprint density at radius 2 is 2.05 bits per heavy atom. The highest BCUT2D eigenvalue weighted by Gasteiger charge is 2.14. The van der Waals surface area contributed by atoms with E-state index in [0.717, 1.165) is 21.8 Å². The molecule has 0 radical (unpaired) electrons. The summed E-state index contributed by atoms with van der Waals surface area (Å²) in [5, 5.41) is 14.0. The van der Waals surface area contributed by atoms with E-state index in [-0.39, 0.29) is 12.2 Å². The molecule has 0 unspecified atom stereocenters. The van der Waals surface area contributed by atoms with Crippen LogP contribution in [-0.2, 0) is 6.54 Å². The number of halogens is 2. The average molecular weight is 339 g/mol. The smallest absolute Gasteiger partial charge is 0.274 e. The van der Waals surface area contributed by atoms with Crippen LogP contribution in [0.2, 0.25) is 0 Å². The maximum atomic E-state index is 13.2. The van der Waals surface area contributed by atoms with Crippen LogP contribution in [0.15, 0.2) is 40.9 Å². The van der Waals surface area contributed by atoms with Crippen molar-refractivity contribution in [1.82, 2.24) is 0 Å². The van der Waals surface area contributed by atoms with Gasteiger partial charge in [0.2, 0.25) is 0 Å². The summed E-state index contributed by atoms with van der Waals surface area (Å²) in [6, 6.07) is 9.17. The van der Waals surface area contributed by atoms with E-state index in [0.29, 0.717) is 5.56 Å². The van der Waals surface area contributed by atoms with Gasteiger partial charge in [-0.1, -0.05) is 15.9 Å². The molecule has 6 heteroatoms. The van der Waals surface area contributed by atoms with E-state index in [1.165, 1.54) is 12.1 Å². The van der Waals surface area contributed by atoms with Crippen LogP contribution in [0.3, 0.4) is 0 Å². The second-order valence-electron chi connectivity index (χ2n) is 4.40. The lowest BCUT2D eigenvalue weighted by atomic mass is 10.1. The highest BCUT2D eigenvalue weighted by atomic mass is 79.9. The third kappa shape index (κ3) is 3.54. The van der Waals surface area contributed by atoms with Gasteiger partial charge in [-0.3, -0.25) is 10.1 Å². The molecule has 0 spiro atoms. The summed E-state index contributed by atoms with van der Waals surface area (Å²) in [4.78, 5) is 10.4. The van der Waals surface area contributed by atoms with Crippen molar-refractivity contribution in [3.63, 3.8) is 0 Å². The summed E-state index contributed by atoms with van der Waals surface area (Å²) >= 11 is 3.38. The van der Waals surface area contributed by atoms with Gasteiger partial charge in [0, 0.05) is 22.8 Å². The van der Waals surface area contributed by atoms with Crippen LogP contribution >= 0.6 is 15.9 Å². The molecule has 0 aliphatic rings. The third-order valence-electron chi connectivity index (χ3n) is 2.76. The SMILES string of the molecule is Cc1cc(Br)cc(NCc2cc(F)ccc2[N+](=O)[O-])c1. The Bertz CT molecular complexity index is 641. The molecule has 0 atom stereocenters. The standard InChI is InChI=1S/C14H12BrFN2O2/c1-9-4-11(15)7-13(5-9)17-8-10-6-12(16)2-3-14(10)18(19)20/h2-7,17H,8H2,1H3. The van der Waals surface area contributed by atoms with Crippen molar-refractivity contribution >= 4 is 27.3 Å².